The van der Waals surface area contributed by atoms with Gasteiger partial charge in [0.15, 0.2) is 0 Å². The minimum absolute atomic E-state index is 0.431. The molecule has 2 aliphatic rings. The van der Waals surface area contributed by atoms with Crippen LogP contribution in [0, 0.1) is 13.8 Å². The van der Waals surface area contributed by atoms with Gasteiger partial charge in [0.2, 0.25) is 0 Å². The highest BCUT2D eigenvalue weighted by atomic mass is 16.5. The normalized spacial score (nSPS) is 18.4. The first-order valence-electron chi connectivity index (χ1n) is 22.7. The highest BCUT2D eigenvalue weighted by molar-refractivity contribution is 6.18. The van der Waals surface area contributed by atoms with Crippen LogP contribution in [0.1, 0.15) is 116 Å². The largest absolute Gasteiger partial charge is 0.496 e. The molecule has 6 aromatic rings. The van der Waals surface area contributed by atoms with Gasteiger partial charge in [-0.05, 0) is 161 Å². The fourth-order valence-corrected chi connectivity index (χ4v) is 9.59. The number of aromatic nitrogens is 2. The van der Waals surface area contributed by atoms with E-state index >= 15 is 0 Å². The van der Waals surface area contributed by atoms with Crippen LogP contribution in [0.4, 0.5) is 0 Å². The Balaban J connectivity index is 1.20. The molecule has 0 saturated carbocycles. The average Bonchev–Trinajstić information content (AvgIpc) is 3.75. The standard InChI is InChI=1S/C57H66N2O4/c1-34(2)16-14-18-36(5)22-26-56(9)28-24-41-51-44(30-38(7)54(41)62-56)40-20-21-48(60-12)50(52(40)58-51)46-32-43-45-31-39(8)55-42(53(45)59(11)47(43)33-49(46)61-13)25-29-57(10,63-55)27-23-37(6)19-15-17-35(3)4/h16-17,20-25,28-33,58H,14-15,18-19,26-27H2,1-13H3/b36-22+,37-23+. The van der Waals surface area contributed by atoms with Crippen molar-refractivity contribution in [3.63, 3.8) is 0 Å². The first kappa shape index (κ1) is 43.8. The van der Waals surface area contributed by atoms with Gasteiger partial charge in [0, 0.05) is 64.2 Å². The van der Waals surface area contributed by atoms with E-state index in [0.29, 0.717) is 0 Å². The Labute approximate surface area is 374 Å². The lowest BCUT2D eigenvalue weighted by Gasteiger charge is -2.32. The van der Waals surface area contributed by atoms with Gasteiger partial charge < -0.3 is 28.5 Å². The van der Waals surface area contributed by atoms with Gasteiger partial charge in [0.1, 0.15) is 34.2 Å². The molecule has 0 bridgehead atoms. The van der Waals surface area contributed by atoms with E-state index in [2.05, 4.69) is 171 Å². The van der Waals surface area contributed by atoms with Crippen molar-refractivity contribution in [1.82, 2.24) is 9.55 Å². The summed E-state index contributed by atoms with van der Waals surface area (Å²) in [7, 11) is 5.65. The number of ether oxygens (including phenoxy) is 4. The Morgan fingerprint density at radius 3 is 1.78 bits per heavy atom. The Morgan fingerprint density at radius 1 is 0.651 bits per heavy atom. The number of allylic oxidation sites excluding steroid dienone is 6. The van der Waals surface area contributed by atoms with Crippen LogP contribution < -0.4 is 18.9 Å². The van der Waals surface area contributed by atoms with E-state index in [0.717, 1.165) is 133 Å². The van der Waals surface area contributed by atoms with E-state index < -0.39 is 11.2 Å². The molecule has 4 aromatic carbocycles. The molecule has 2 aromatic heterocycles. The van der Waals surface area contributed by atoms with Gasteiger partial charge >= 0.3 is 0 Å². The van der Waals surface area contributed by atoms with Gasteiger partial charge in [-0.3, -0.25) is 0 Å². The second kappa shape index (κ2) is 17.0. The molecule has 2 aliphatic heterocycles. The monoisotopic (exact) mass is 843 g/mol. The van der Waals surface area contributed by atoms with Crippen molar-refractivity contribution in [3.05, 3.63) is 117 Å². The van der Waals surface area contributed by atoms with Crippen LogP contribution in [0.15, 0.2) is 95.1 Å². The number of hydrogen-bond donors (Lipinski definition) is 1. The lowest BCUT2D eigenvalue weighted by Crippen LogP contribution is -2.31. The lowest BCUT2D eigenvalue weighted by molar-refractivity contribution is 0.139. The molecule has 2 unspecified atom stereocenters. The Morgan fingerprint density at radius 2 is 1.21 bits per heavy atom. The molecule has 6 nitrogen and oxygen atoms in total. The molecule has 1 N–H and O–H groups in total. The van der Waals surface area contributed by atoms with E-state index in [1.807, 2.05) is 0 Å². The third-order valence-corrected chi connectivity index (χ3v) is 13.2. The number of nitrogens with one attached hydrogen (secondary N) is 1. The summed E-state index contributed by atoms with van der Waals surface area (Å²) in [5.74, 6) is 3.42. The Bertz CT molecular complexity index is 2990. The maximum atomic E-state index is 6.93. The van der Waals surface area contributed by atoms with Crippen LogP contribution in [0.2, 0.25) is 0 Å². The molecule has 2 atom stereocenters. The molecular formula is C57H66N2O4. The predicted octanol–water partition coefficient (Wildman–Crippen LogP) is 15.8. The number of aromatic amines is 1. The van der Waals surface area contributed by atoms with E-state index in [-0.39, 0.29) is 0 Å². The van der Waals surface area contributed by atoms with E-state index in [4.69, 9.17) is 18.9 Å². The van der Waals surface area contributed by atoms with Gasteiger partial charge in [-0.2, -0.15) is 0 Å². The van der Waals surface area contributed by atoms with Crippen molar-refractivity contribution >= 4 is 55.8 Å². The molecule has 0 spiro atoms. The zero-order chi connectivity index (χ0) is 45.0. The predicted molar refractivity (Wildman–Crippen MR) is 268 cm³/mol. The average molecular weight is 843 g/mol. The molecule has 8 rings (SSSR count). The minimum Gasteiger partial charge on any atom is -0.496 e. The molecule has 0 amide bonds. The quantitative estimate of drug-likeness (QED) is 0.118. The van der Waals surface area contributed by atoms with Crippen LogP contribution in [0.25, 0.3) is 66.9 Å². The summed E-state index contributed by atoms with van der Waals surface area (Å²) in [6.07, 6.45) is 24.2. The highest BCUT2D eigenvalue weighted by Gasteiger charge is 2.32. The molecule has 0 aliphatic carbocycles. The van der Waals surface area contributed by atoms with Crippen LogP contribution in [-0.2, 0) is 7.05 Å². The van der Waals surface area contributed by atoms with Crippen molar-refractivity contribution in [1.29, 1.82) is 0 Å². The zero-order valence-electron chi connectivity index (χ0n) is 39.9. The fraction of sp³-hybridized carbons (Fsp3) is 0.368. The summed E-state index contributed by atoms with van der Waals surface area (Å²) in [5.41, 5.74) is 15.3. The third-order valence-electron chi connectivity index (χ3n) is 13.2. The molecule has 6 heteroatoms. The smallest absolute Gasteiger partial charge is 0.132 e. The second-order valence-electron chi connectivity index (χ2n) is 19.2. The molecule has 63 heavy (non-hydrogen) atoms. The summed E-state index contributed by atoms with van der Waals surface area (Å²) >= 11 is 0. The summed E-state index contributed by atoms with van der Waals surface area (Å²) in [6.45, 7) is 21.8. The highest BCUT2D eigenvalue weighted by Crippen LogP contribution is 2.50. The summed E-state index contributed by atoms with van der Waals surface area (Å²) in [4.78, 5) is 3.89. The van der Waals surface area contributed by atoms with E-state index in [1.54, 1.807) is 14.2 Å². The van der Waals surface area contributed by atoms with Crippen LogP contribution in [0.5, 0.6) is 23.0 Å². The maximum absolute atomic E-state index is 6.93. The second-order valence-corrected chi connectivity index (χ2v) is 19.2. The van der Waals surface area contributed by atoms with Crippen molar-refractivity contribution in [2.45, 2.75) is 119 Å². The number of benzene rings is 4. The summed E-state index contributed by atoms with van der Waals surface area (Å²) in [5, 5.41) is 4.59. The molecule has 328 valence electrons. The topological polar surface area (TPSA) is 57.6 Å². The van der Waals surface area contributed by atoms with Crippen molar-refractivity contribution < 1.29 is 18.9 Å². The number of fused-ring (bicyclic) bond motifs is 10. The van der Waals surface area contributed by atoms with Gasteiger partial charge in [-0.25, -0.2) is 0 Å². The van der Waals surface area contributed by atoms with Crippen LogP contribution in [0.3, 0.4) is 0 Å². The molecule has 0 fully saturated rings. The van der Waals surface area contributed by atoms with Crippen LogP contribution in [-0.4, -0.2) is 35.0 Å². The molecule has 4 heterocycles. The SMILES string of the molecule is COc1cc2c(cc1-c1c(OC)ccc3c1[nH]c1c4c(c(C)cc13)OC(C)(C/C=C(\C)CCC=C(C)C)C=C4)c1cc(C)c3c(c1n2C)C=CC(C)(C/C=C(\C)CCC=C(C)C)O3. The third kappa shape index (κ3) is 8.25. The number of hydrogen-bond acceptors (Lipinski definition) is 4. The first-order chi connectivity index (χ1) is 30.0. The lowest BCUT2D eigenvalue weighted by atomic mass is 9.92. The minimum atomic E-state index is -0.439. The van der Waals surface area contributed by atoms with Gasteiger partial charge in [0.25, 0.3) is 0 Å². The van der Waals surface area contributed by atoms with E-state index in [1.165, 1.54) is 27.7 Å². The van der Waals surface area contributed by atoms with Gasteiger partial charge in [-0.15, -0.1) is 0 Å². The van der Waals surface area contributed by atoms with Crippen molar-refractivity contribution in [3.8, 4) is 34.1 Å². The zero-order valence-corrected chi connectivity index (χ0v) is 39.9. The Kier molecular flexibility index (Phi) is 11.8. The number of rotatable bonds is 13. The Hall–Kier alpha value is -5.88. The maximum Gasteiger partial charge on any atom is 0.132 e. The fourth-order valence-electron chi connectivity index (χ4n) is 9.59. The first-order valence-corrected chi connectivity index (χ1v) is 22.7. The number of methoxy groups -OCH3 is 2. The van der Waals surface area contributed by atoms with Crippen molar-refractivity contribution in [2.75, 3.05) is 14.2 Å². The van der Waals surface area contributed by atoms with Gasteiger partial charge in [0.05, 0.1) is 41.8 Å². The van der Waals surface area contributed by atoms with Gasteiger partial charge in [-0.1, -0.05) is 46.6 Å². The van der Waals surface area contributed by atoms with Crippen LogP contribution >= 0.6 is 0 Å². The number of H-pyrrole nitrogens is 1. The molecule has 0 radical (unpaired) electrons. The molecular weight excluding hydrogens is 777 g/mol. The molecule has 0 saturated heterocycles. The summed E-state index contributed by atoms with van der Waals surface area (Å²) < 4.78 is 28.6. The number of aryl methyl sites for hydroxylation is 3. The summed E-state index contributed by atoms with van der Waals surface area (Å²) in [6, 6.07) is 13.3. The number of nitrogens with zero attached hydrogens (tertiary/aromatic N) is 1. The van der Waals surface area contributed by atoms with E-state index in [9.17, 15) is 0 Å². The van der Waals surface area contributed by atoms with Crippen molar-refractivity contribution in [2.24, 2.45) is 7.05 Å².